The molecule has 1 amide bonds. The molecule has 0 saturated carbocycles. The molecule has 0 radical (unpaired) electrons. The molecule has 1 atom stereocenters. The van der Waals surface area contributed by atoms with Gasteiger partial charge in [0.25, 0.3) is 0 Å². The topological polar surface area (TPSA) is 67.4 Å². The molecule has 2 N–H and O–H groups in total. The average molecular weight is 442 g/mol. The zero-order chi connectivity index (χ0) is 19.5. The number of anilines is 1. The van der Waals surface area contributed by atoms with Crippen LogP contribution >= 0.6 is 46.1 Å². The van der Waals surface area contributed by atoms with Gasteiger partial charge in [-0.05, 0) is 37.2 Å². The Labute approximate surface area is 172 Å². The van der Waals surface area contributed by atoms with Crippen molar-refractivity contribution in [3.05, 3.63) is 16.0 Å². The van der Waals surface area contributed by atoms with E-state index >= 15 is 0 Å². The number of alkyl halides is 3. The predicted octanol–water partition coefficient (Wildman–Crippen LogP) is 4.68. The molecular weight excluding hydrogens is 419 g/mol. The van der Waals surface area contributed by atoms with Crippen molar-refractivity contribution in [2.45, 2.75) is 55.9 Å². The van der Waals surface area contributed by atoms with Crippen molar-refractivity contribution in [1.82, 2.24) is 5.32 Å². The zero-order valence-corrected chi connectivity index (χ0v) is 18.0. The minimum absolute atomic E-state index is 0.172. The highest BCUT2D eigenvalue weighted by Crippen LogP contribution is 2.40. The molecule has 5 nitrogen and oxygen atoms in total. The number of halogens is 3. The van der Waals surface area contributed by atoms with E-state index < -0.39 is 15.9 Å². The Morgan fingerprint density at radius 2 is 1.88 bits per heavy atom. The van der Waals surface area contributed by atoms with E-state index in [0.717, 1.165) is 36.1 Å². The van der Waals surface area contributed by atoms with Gasteiger partial charge in [-0.3, -0.25) is 4.79 Å². The van der Waals surface area contributed by atoms with Crippen LogP contribution in [0.1, 0.15) is 53.9 Å². The van der Waals surface area contributed by atoms with E-state index in [1.54, 1.807) is 0 Å². The van der Waals surface area contributed by atoms with Gasteiger partial charge in [-0.15, -0.1) is 11.3 Å². The second-order valence-corrected chi connectivity index (χ2v) is 10.2. The smallest absolute Gasteiger partial charge is 0.341 e. The number of rotatable bonds is 6. The molecule has 1 aromatic heterocycles. The van der Waals surface area contributed by atoms with Crippen LogP contribution in [-0.2, 0) is 22.4 Å². The summed E-state index contributed by atoms with van der Waals surface area (Å²) < 4.78 is 3.16. The Morgan fingerprint density at radius 1 is 1.23 bits per heavy atom. The maximum atomic E-state index is 12.3. The number of carbonyl (C=O) groups excluding carboxylic acids is 2. The molecule has 1 aromatic rings. The van der Waals surface area contributed by atoms with Crippen molar-refractivity contribution in [3.63, 3.8) is 0 Å². The third kappa shape index (κ3) is 5.41. The molecule has 0 unspecified atom stereocenters. The molecule has 0 aliphatic heterocycles. The van der Waals surface area contributed by atoms with Crippen molar-refractivity contribution >= 4 is 63.0 Å². The number of aryl methyl sites for hydroxylation is 1. The number of thiophene rings is 1. The first-order valence-electron chi connectivity index (χ1n) is 8.49. The first-order chi connectivity index (χ1) is 12.1. The highest BCUT2D eigenvalue weighted by molar-refractivity contribution is 7.16. The fourth-order valence-electron chi connectivity index (χ4n) is 2.91. The molecule has 146 valence electrons. The number of esters is 1. The molecule has 9 heteroatoms. The summed E-state index contributed by atoms with van der Waals surface area (Å²) in [4.78, 5) is 25.6. The van der Waals surface area contributed by atoms with Crippen LogP contribution in [-0.4, -0.2) is 28.9 Å². The fraction of sp³-hybridized carbons (Fsp3) is 0.647. The summed E-state index contributed by atoms with van der Waals surface area (Å²) in [5, 5.41) is 6.32. The number of nitrogens with one attached hydrogen (secondary N) is 2. The molecule has 1 aliphatic rings. The maximum Gasteiger partial charge on any atom is 0.341 e. The number of hydrogen-bond acceptors (Lipinski definition) is 5. The summed E-state index contributed by atoms with van der Waals surface area (Å²) >= 11 is 19.6. The Kier molecular flexibility index (Phi) is 7.48. The predicted molar refractivity (Wildman–Crippen MR) is 108 cm³/mol. The summed E-state index contributed by atoms with van der Waals surface area (Å²) in [6, 6.07) is 0. The molecule has 0 saturated heterocycles. The minimum atomic E-state index is -1.79. The third-order valence-electron chi connectivity index (χ3n) is 4.06. The highest BCUT2D eigenvalue weighted by Gasteiger charge is 2.36. The number of fused-ring (bicyclic) bond motifs is 1. The molecule has 0 aromatic carbocycles. The van der Waals surface area contributed by atoms with Gasteiger partial charge >= 0.3 is 5.97 Å². The molecule has 0 spiro atoms. The quantitative estimate of drug-likeness (QED) is 0.382. The van der Waals surface area contributed by atoms with Crippen molar-refractivity contribution in [2.24, 2.45) is 5.92 Å². The van der Waals surface area contributed by atoms with E-state index in [4.69, 9.17) is 39.5 Å². The van der Waals surface area contributed by atoms with E-state index in [-0.39, 0.29) is 11.8 Å². The van der Waals surface area contributed by atoms with Crippen LogP contribution in [0.25, 0.3) is 0 Å². The molecule has 0 fully saturated rings. The average Bonchev–Trinajstić information content (AvgIpc) is 2.89. The van der Waals surface area contributed by atoms with E-state index in [9.17, 15) is 9.59 Å². The van der Waals surface area contributed by atoms with Gasteiger partial charge in [0.15, 0.2) is 0 Å². The number of amides is 1. The van der Waals surface area contributed by atoms with Gasteiger partial charge in [0.05, 0.1) is 12.7 Å². The largest absolute Gasteiger partial charge is 0.465 e. The molecule has 2 rings (SSSR count). The zero-order valence-electron chi connectivity index (χ0n) is 15.0. The van der Waals surface area contributed by atoms with E-state index in [2.05, 4.69) is 10.6 Å². The lowest BCUT2D eigenvalue weighted by Crippen LogP contribution is -2.49. The number of ether oxygens (including phenoxy) is 1. The van der Waals surface area contributed by atoms with Gasteiger partial charge < -0.3 is 15.4 Å². The van der Waals surface area contributed by atoms with Crippen LogP contribution in [0.5, 0.6) is 0 Å². The van der Waals surface area contributed by atoms with Crippen LogP contribution in [0, 0.1) is 5.92 Å². The second kappa shape index (κ2) is 9.00. The lowest BCUT2D eigenvalue weighted by Gasteiger charge is -2.27. The molecule has 0 bridgehead atoms. The van der Waals surface area contributed by atoms with Gasteiger partial charge in [-0.25, -0.2) is 4.79 Å². The van der Waals surface area contributed by atoms with Crippen LogP contribution in [0.15, 0.2) is 0 Å². The molecule has 1 heterocycles. The van der Waals surface area contributed by atoms with Crippen molar-refractivity contribution in [1.29, 1.82) is 0 Å². The van der Waals surface area contributed by atoms with Gasteiger partial charge in [-0.1, -0.05) is 48.7 Å². The molecular formula is C17H23Cl3N2O3S. The fourth-order valence-corrected chi connectivity index (χ4v) is 4.54. The lowest BCUT2D eigenvalue weighted by atomic mass is 9.95. The van der Waals surface area contributed by atoms with Crippen LogP contribution in [0.3, 0.4) is 0 Å². The van der Waals surface area contributed by atoms with Crippen LogP contribution < -0.4 is 10.6 Å². The normalized spacial score (nSPS) is 15.3. The molecule has 1 aliphatic carbocycles. The van der Waals surface area contributed by atoms with Crippen molar-refractivity contribution in [3.8, 4) is 0 Å². The van der Waals surface area contributed by atoms with Gasteiger partial charge in [0, 0.05) is 11.3 Å². The van der Waals surface area contributed by atoms with Crippen LogP contribution in [0.4, 0.5) is 5.00 Å². The highest BCUT2D eigenvalue weighted by atomic mass is 35.6. The number of carbonyl (C=O) groups is 2. The van der Waals surface area contributed by atoms with Gasteiger partial charge in [0.2, 0.25) is 9.70 Å². The second-order valence-electron chi connectivity index (χ2n) is 6.69. The minimum Gasteiger partial charge on any atom is -0.465 e. The SMILES string of the molecule is COC(=O)c1c(N[C@H](NC(=O)CC(C)C)C(Cl)(Cl)Cl)sc2c1CCCC2. The first kappa shape index (κ1) is 21.6. The van der Waals surface area contributed by atoms with E-state index in [1.807, 2.05) is 13.8 Å². The summed E-state index contributed by atoms with van der Waals surface area (Å²) in [5.41, 5.74) is 1.47. The number of hydrogen-bond donors (Lipinski definition) is 2. The monoisotopic (exact) mass is 440 g/mol. The summed E-state index contributed by atoms with van der Waals surface area (Å²) in [7, 11) is 1.34. The third-order valence-corrected chi connectivity index (χ3v) is 5.94. The molecule has 26 heavy (non-hydrogen) atoms. The van der Waals surface area contributed by atoms with Crippen LogP contribution in [0.2, 0.25) is 0 Å². The van der Waals surface area contributed by atoms with Crippen molar-refractivity contribution in [2.75, 3.05) is 12.4 Å². The summed E-state index contributed by atoms with van der Waals surface area (Å²) in [5.74, 6) is -0.487. The standard InChI is InChI=1S/C17H23Cl3N2O3S/c1-9(2)8-12(23)21-16(17(18,19)20)22-14-13(15(24)25-3)10-6-4-5-7-11(10)26-14/h9,16,22H,4-8H2,1-3H3,(H,21,23)/t16-/m0/s1. The Hall–Kier alpha value is -0.690. The van der Waals surface area contributed by atoms with Gasteiger partial charge in [0.1, 0.15) is 11.2 Å². The summed E-state index contributed by atoms with van der Waals surface area (Å²) in [6.07, 6.45) is 3.16. The first-order valence-corrected chi connectivity index (χ1v) is 10.4. The van der Waals surface area contributed by atoms with Crippen molar-refractivity contribution < 1.29 is 14.3 Å². The number of methoxy groups -OCH3 is 1. The lowest BCUT2D eigenvalue weighted by molar-refractivity contribution is -0.122. The van der Waals surface area contributed by atoms with E-state index in [1.165, 1.54) is 18.4 Å². The Balaban J connectivity index is 2.31. The maximum absolute atomic E-state index is 12.3. The van der Waals surface area contributed by atoms with E-state index in [0.29, 0.717) is 17.0 Å². The Bertz CT molecular complexity index is 671. The van der Waals surface area contributed by atoms with Gasteiger partial charge in [-0.2, -0.15) is 0 Å². The summed E-state index contributed by atoms with van der Waals surface area (Å²) in [6.45, 7) is 3.86. The Morgan fingerprint density at radius 3 is 2.46 bits per heavy atom.